The number of hydrogen-bond acceptors (Lipinski definition) is 10. The predicted octanol–water partition coefficient (Wildman–Crippen LogP) is 4.09. The van der Waals surface area contributed by atoms with Crippen molar-refractivity contribution in [3.63, 3.8) is 0 Å². The second kappa shape index (κ2) is 12.0. The number of carbonyl (C=O) groups excluding carboxylic acids is 1. The van der Waals surface area contributed by atoms with Gasteiger partial charge in [-0.25, -0.2) is 4.79 Å². The number of ether oxygens (including phenoxy) is 2. The van der Waals surface area contributed by atoms with Crippen LogP contribution in [0.5, 0.6) is 6.01 Å². The molecule has 5 rings (SSSR count). The Hall–Kier alpha value is -5.33. The predicted molar refractivity (Wildman–Crippen MR) is 143 cm³/mol. The highest BCUT2D eigenvalue weighted by molar-refractivity contribution is 6.02. The van der Waals surface area contributed by atoms with Gasteiger partial charge in [-0.05, 0) is 41.0 Å². The second-order valence-corrected chi connectivity index (χ2v) is 8.61. The molecule has 0 atom stereocenters. The Bertz CT molecular complexity index is 1620. The van der Waals surface area contributed by atoms with Crippen LogP contribution in [0.25, 0.3) is 33.5 Å². The fourth-order valence-corrected chi connectivity index (χ4v) is 4.33. The molecular formula is C27H25N7O6. The van der Waals surface area contributed by atoms with E-state index in [1.165, 1.54) is 0 Å². The van der Waals surface area contributed by atoms with Crippen LogP contribution in [-0.2, 0) is 16.1 Å². The normalized spacial score (nSPS) is 10.9. The molecule has 1 N–H and O–H groups in total. The van der Waals surface area contributed by atoms with Crippen LogP contribution in [0.3, 0.4) is 0 Å². The van der Waals surface area contributed by atoms with Gasteiger partial charge in [0.15, 0.2) is 0 Å². The number of tetrazole rings is 1. The molecule has 0 aliphatic carbocycles. The number of nitrogens with one attached hydrogen (secondary N) is 1. The van der Waals surface area contributed by atoms with Gasteiger partial charge in [0.05, 0.1) is 43.0 Å². The minimum absolute atomic E-state index is 0.0255. The molecule has 0 aliphatic rings. The Morgan fingerprint density at radius 1 is 1.02 bits per heavy atom. The summed E-state index contributed by atoms with van der Waals surface area (Å²) in [7, 11) is 0. The number of aromatic nitrogens is 6. The summed E-state index contributed by atoms with van der Waals surface area (Å²) in [6.07, 6.45) is 0.189. The van der Waals surface area contributed by atoms with E-state index in [-0.39, 0.29) is 19.6 Å². The number of carbonyl (C=O) groups is 1. The maximum atomic E-state index is 13.0. The third-order valence-electron chi connectivity index (χ3n) is 6.06. The molecule has 13 nitrogen and oxygen atoms in total. The van der Waals surface area contributed by atoms with E-state index in [9.17, 15) is 14.9 Å². The summed E-state index contributed by atoms with van der Waals surface area (Å²) in [5.74, 6) is -0.0556. The average molecular weight is 544 g/mol. The van der Waals surface area contributed by atoms with Gasteiger partial charge in [0.25, 0.3) is 11.1 Å². The summed E-state index contributed by atoms with van der Waals surface area (Å²) in [6.45, 7) is 2.46. The number of benzene rings is 3. The number of nitrogens with zero attached hydrogens (tertiary/aromatic N) is 6. The highest BCUT2D eigenvalue weighted by Gasteiger charge is 2.20. The molecule has 2 aromatic heterocycles. The van der Waals surface area contributed by atoms with Crippen LogP contribution >= 0.6 is 0 Å². The number of fused-ring (bicyclic) bond motifs is 1. The highest BCUT2D eigenvalue weighted by Crippen LogP contribution is 2.31. The van der Waals surface area contributed by atoms with Crippen LogP contribution < -0.4 is 4.74 Å². The number of esters is 1. The van der Waals surface area contributed by atoms with Crippen molar-refractivity contribution >= 4 is 17.0 Å². The first-order chi connectivity index (χ1) is 19.5. The van der Waals surface area contributed by atoms with E-state index in [0.29, 0.717) is 41.6 Å². The van der Waals surface area contributed by atoms with Crippen molar-refractivity contribution in [2.24, 2.45) is 0 Å². The van der Waals surface area contributed by atoms with Gasteiger partial charge < -0.3 is 14.3 Å². The van der Waals surface area contributed by atoms with Gasteiger partial charge in [-0.1, -0.05) is 54.6 Å². The van der Waals surface area contributed by atoms with Crippen molar-refractivity contribution in [3.05, 3.63) is 88.0 Å². The van der Waals surface area contributed by atoms with Crippen molar-refractivity contribution in [1.29, 1.82) is 0 Å². The smallest absolute Gasteiger partial charge is 0.340 e. The zero-order chi connectivity index (χ0) is 27.9. The molecule has 0 fully saturated rings. The first kappa shape index (κ1) is 26.3. The molecule has 0 radical (unpaired) electrons. The maximum absolute atomic E-state index is 13.0. The van der Waals surface area contributed by atoms with Crippen LogP contribution in [0.2, 0.25) is 0 Å². The standard InChI is InChI=1S/C27H25N7O6/c1-2-38-27-28-23-10-5-9-22(26(35)39-15-6-16-40-34(36)37)24(23)33(27)17-18-11-13-19(14-12-18)20-7-3-4-8-21(20)25-29-31-32-30-25/h3-5,7-14H,2,6,15-17H2,1H3,(H,29,30,31,32). The van der Waals surface area contributed by atoms with E-state index in [0.717, 1.165) is 22.3 Å². The molecule has 0 saturated carbocycles. The lowest BCUT2D eigenvalue weighted by molar-refractivity contribution is -0.757. The van der Waals surface area contributed by atoms with Crippen LogP contribution in [0.15, 0.2) is 66.7 Å². The molecule has 13 heteroatoms. The molecule has 3 aromatic carbocycles. The topological polar surface area (TPSA) is 160 Å². The lowest BCUT2D eigenvalue weighted by Crippen LogP contribution is -2.12. The zero-order valence-electron chi connectivity index (χ0n) is 21.5. The Labute approximate surface area is 227 Å². The van der Waals surface area contributed by atoms with Gasteiger partial charge >= 0.3 is 5.97 Å². The summed E-state index contributed by atoms with van der Waals surface area (Å²) in [5, 5.41) is 23.8. The molecule has 5 aromatic rings. The van der Waals surface area contributed by atoms with Gasteiger partial charge in [0.2, 0.25) is 5.82 Å². The Balaban J connectivity index is 1.41. The minimum Gasteiger partial charge on any atom is -0.465 e. The number of aromatic amines is 1. The van der Waals surface area contributed by atoms with E-state index in [4.69, 9.17) is 9.47 Å². The summed E-state index contributed by atoms with van der Waals surface area (Å²) in [4.78, 5) is 32.1. The van der Waals surface area contributed by atoms with Crippen molar-refractivity contribution in [2.45, 2.75) is 19.9 Å². The quantitative estimate of drug-likeness (QED) is 0.105. The van der Waals surface area contributed by atoms with Gasteiger partial charge in [0.1, 0.15) is 0 Å². The average Bonchev–Trinajstić information content (AvgIpc) is 3.62. The summed E-state index contributed by atoms with van der Waals surface area (Å²) < 4.78 is 13.0. The zero-order valence-corrected chi connectivity index (χ0v) is 21.5. The number of hydrogen-bond donors (Lipinski definition) is 1. The monoisotopic (exact) mass is 543 g/mol. The SMILES string of the molecule is CCOc1nc2cccc(C(=O)OCCCO[N+](=O)[O-])c2n1Cc1ccc(-c2ccccc2-c2nn[nH]n2)cc1. The lowest BCUT2D eigenvalue weighted by Gasteiger charge is -2.13. The largest absolute Gasteiger partial charge is 0.465 e. The van der Waals surface area contributed by atoms with E-state index >= 15 is 0 Å². The fraction of sp³-hybridized carbons (Fsp3) is 0.222. The summed E-state index contributed by atoms with van der Waals surface area (Å²) in [6, 6.07) is 21.4. The van der Waals surface area contributed by atoms with E-state index in [2.05, 4.69) is 30.4 Å². The molecule has 0 amide bonds. The van der Waals surface area contributed by atoms with Crippen LogP contribution in [0.4, 0.5) is 0 Å². The van der Waals surface area contributed by atoms with Gasteiger partial charge in [0, 0.05) is 12.0 Å². The molecule has 0 bridgehead atoms. The van der Waals surface area contributed by atoms with Gasteiger partial charge in [-0.2, -0.15) is 10.2 Å². The summed E-state index contributed by atoms with van der Waals surface area (Å²) in [5.41, 5.74) is 5.24. The Morgan fingerprint density at radius 3 is 2.55 bits per heavy atom. The molecular weight excluding hydrogens is 518 g/mol. The first-order valence-corrected chi connectivity index (χ1v) is 12.5. The minimum atomic E-state index is -0.879. The second-order valence-electron chi connectivity index (χ2n) is 8.61. The fourth-order valence-electron chi connectivity index (χ4n) is 4.33. The number of para-hydroxylation sites is 1. The number of rotatable bonds is 12. The molecule has 0 aliphatic heterocycles. The molecule has 204 valence electrons. The maximum Gasteiger partial charge on any atom is 0.340 e. The third kappa shape index (κ3) is 5.72. The molecule has 2 heterocycles. The van der Waals surface area contributed by atoms with E-state index in [1.54, 1.807) is 18.2 Å². The van der Waals surface area contributed by atoms with Crippen LogP contribution in [0.1, 0.15) is 29.3 Å². The van der Waals surface area contributed by atoms with Crippen LogP contribution in [-0.4, -0.2) is 61.1 Å². The Kier molecular flexibility index (Phi) is 7.90. The number of H-pyrrole nitrogens is 1. The van der Waals surface area contributed by atoms with Crippen LogP contribution in [0, 0.1) is 10.1 Å². The molecule has 40 heavy (non-hydrogen) atoms. The molecule has 0 unspecified atom stereocenters. The molecule has 0 spiro atoms. The highest BCUT2D eigenvalue weighted by atomic mass is 16.9. The Morgan fingerprint density at radius 2 is 1.82 bits per heavy atom. The van der Waals surface area contributed by atoms with Crippen molar-refractivity contribution < 1.29 is 24.2 Å². The van der Waals surface area contributed by atoms with Crippen molar-refractivity contribution in [1.82, 2.24) is 30.2 Å². The lowest BCUT2D eigenvalue weighted by atomic mass is 9.98. The van der Waals surface area contributed by atoms with Crippen molar-refractivity contribution in [2.75, 3.05) is 19.8 Å². The summed E-state index contributed by atoms with van der Waals surface area (Å²) >= 11 is 0. The third-order valence-corrected chi connectivity index (χ3v) is 6.06. The van der Waals surface area contributed by atoms with E-state index in [1.807, 2.05) is 60.0 Å². The van der Waals surface area contributed by atoms with Gasteiger partial charge in [-0.3, -0.25) is 4.57 Å². The van der Waals surface area contributed by atoms with Gasteiger partial charge in [-0.15, -0.1) is 20.3 Å². The molecule has 0 saturated heterocycles. The number of imidazole rings is 1. The van der Waals surface area contributed by atoms with Crippen molar-refractivity contribution in [3.8, 4) is 28.5 Å². The van der Waals surface area contributed by atoms with E-state index < -0.39 is 11.1 Å². The first-order valence-electron chi connectivity index (χ1n) is 12.5.